The van der Waals surface area contributed by atoms with Gasteiger partial charge in [-0.25, -0.2) is 0 Å². The number of benzene rings is 1. The molecule has 0 unspecified atom stereocenters. The highest BCUT2D eigenvalue weighted by atomic mass is 16.2. The van der Waals surface area contributed by atoms with E-state index < -0.39 is 0 Å². The Morgan fingerprint density at radius 2 is 2.05 bits per heavy atom. The molecule has 1 fully saturated rings. The molecule has 0 spiro atoms. The van der Waals surface area contributed by atoms with Crippen LogP contribution in [-0.4, -0.2) is 12.5 Å². The summed E-state index contributed by atoms with van der Waals surface area (Å²) in [4.78, 5) is 15.3. The fourth-order valence-electron chi connectivity index (χ4n) is 4.23. The van der Waals surface area contributed by atoms with Gasteiger partial charge in [0.25, 0.3) is 0 Å². The molecule has 0 radical (unpaired) electrons. The Morgan fingerprint density at radius 1 is 1.33 bits per heavy atom. The summed E-state index contributed by atoms with van der Waals surface area (Å²) in [5.74, 6) is 0.910. The molecule has 114 valence electrons. The molecule has 21 heavy (non-hydrogen) atoms. The lowest BCUT2D eigenvalue weighted by atomic mass is 9.77. The predicted molar refractivity (Wildman–Crippen MR) is 87.3 cm³/mol. The van der Waals surface area contributed by atoms with E-state index in [0.717, 1.165) is 43.6 Å². The minimum Gasteiger partial charge on any atom is -0.399 e. The number of nitrogen functional groups attached to an aromatic ring is 1. The molecular weight excluding hydrogens is 260 g/mol. The molecule has 3 heteroatoms. The smallest absolute Gasteiger partial charge is 0.233 e. The van der Waals surface area contributed by atoms with Crippen molar-refractivity contribution in [3.8, 4) is 0 Å². The minimum atomic E-state index is -0.125. The van der Waals surface area contributed by atoms with E-state index in [-0.39, 0.29) is 5.41 Å². The Bertz CT molecular complexity index is 544. The van der Waals surface area contributed by atoms with Gasteiger partial charge in [0.15, 0.2) is 0 Å². The number of carbonyl (C=O) groups excluding carboxylic acids is 1. The molecule has 0 saturated heterocycles. The molecule has 3 nitrogen and oxygen atoms in total. The second-order valence-electron chi connectivity index (χ2n) is 7.18. The molecule has 3 rings (SSSR count). The molecule has 1 amide bonds. The van der Waals surface area contributed by atoms with Crippen molar-refractivity contribution in [1.82, 2.24) is 0 Å². The quantitative estimate of drug-likeness (QED) is 0.860. The van der Waals surface area contributed by atoms with E-state index in [4.69, 9.17) is 5.73 Å². The summed E-state index contributed by atoms with van der Waals surface area (Å²) in [7, 11) is 0. The third-order valence-electron chi connectivity index (χ3n) is 5.06. The van der Waals surface area contributed by atoms with E-state index in [1.807, 2.05) is 17.0 Å². The van der Waals surface area contributed by atoms with E-state index in [9.17, 15) is 4.79 Å². The molecule has 1 aliphatic heterocycles. The van der Waals surface area contributed by atoms with Crippen molar-refractivity contribution < 1.29 is 4.79 Å². The third kappa shape index (κ3) is 2.54. The summed E-state index contributed by atoms with van der Waals surface area (Å²) < 4.78 is 0. The first-order chi connectivity index (χ1) is 10.0. The molecule has 0 aromatic heterocycles. The zero-order chi connectivity index (χ0) is 15.0. The van der Waals surface area contributed by atoms with Gasteiger partial charge >= 0.3 is 0 Å². The topological polar surface area (TPSA) is 46.3 Å². The summed E-state index contributed by atoms with van der Waals surface area (Å²) in [5.41, 5.74) is 8.86. The number of hydrogen-bond donors (Lipinski definition) is 1. The number of fused-ring (bicyclic) bond motifs is 1. The summed E-state index contributed by atoms with van der Waals surface area (Å²) in [6, 6.07) is 5.98. The first-order valence-corrected chi connectivity index (χ1v) is 8.22. The van der Waals surface area contributed by atoms with Gasteiger partial charge in [0, 0.05) is 23.3 Å². The first-order valence-electron chi connectivity index (χ1n) is 8.22. The van der Waals surface area contributed by atoms with E-state index in [1.54, 1.807) is 0 Å². The lowest BCUT2D eigenvalue weighted by Crippen LogP contribution is -2.42. The van der Waals surface area contributed by atoms with Gasteiger partial charge in [0.05, 0.1) is 0 Å². The summed E-state index contributed by atoms with van der Waals surface area (Å²) in [6.45, 7) is 5.27. The number of amides is 1. The van der Waals surface area contributed by atoms with E-state index >= 15 is 0 Å². The highest BCUT2D eigenvalue weighted by Crippen LogP contribution is 2.46. The van der Waals surface area contributed by atoms with Crippen molar-refractivity contribution >= 4 is 17.3 Å². The predicted octanol–water partition coefficient (Wildman–Crippen LogP) is 3.76. The van der Waals surface area contributed by atoms with Crippen molar-refractivity contribution in [1.29, 1.82) is 0 Å². The lowest BCUT2D eigenvalue weighted by Gasteiger charge is -2.34. The maximum Gasteiger partial charge on any atom is 0.233 e. The highest BCUT2D eigenvalue weighted by molar-refractivity contribution is 6.00. The van der Waals surface area contributed by atoms with Gasteiger partial charge in [-0.2, -0.15) is 0 Å². The number of hydrogen-bond acceptors (Lipinski definition) is 2. The van der Waals surface area contributed by atoms with Crippen molar-refractivity contribution in [2.24, 2.45) is 11.3 Å². The highest BCUT2D eigenvalue weighted by Gasteiger charge is 2.45. The van der Waals surface area contributed by atoms with Crippen molar-refractivity contribution in [2.45, 2.75) is 52.4 Å². The SMILES string of the molecule is CC(C)CC1(C(=O)N2CCc3ccc(N)cc32)CCCC1. The monoisotopic (exact) mass is 286 g/mol. The number of carbonyl (C=O) groups is 1. The molecule has 1 aliphatic carbocycles. The van der Waals surface area contributed by atoms with Crippen molar-refractivity contribution in [3.05, 3.63) is 23.8 Å². The van der Waals surface area contributed by atoms with E-state index in [1.165, 1.54) is 18.4 Å². The second-order valence-corrected chi connectivity index (χ2v) is 7.18. The number of anilines is 2. The van der Waals surface area contributed by atoms with Gasteiger partial charge in [-0.3, -0.25) is 4.79 Å². The van der Waals surface area contributed by atoms with Gasteiger partial charge in [0.1, 0.15) is 0 Å². The number of nitrogens with two attached hydrogens (primary N) is 1. The second kappa shape index (κ2) is 5.36. The maximum absolute atomic E-state index is 13.3. The average Bonchev–Trinajstić information content (AvgIpc) is 3.04. The fourth-order valence-corrected chi connectivity index (χ4v) is 4.23. The van der Waals surface area contributed by atoms with Crippen LogP contribution < -0.4 is 10.6 Å². The van der Waals surface area contributed by atoms with Crippen LogP contribution >= 0.6 is 0 Å². The number of rotatable bonds is 3. The van der Waals surface area contributed by atoms with Crippen molar-refractivity contribution in [2.75, 3.05) is 17.2 Å². The van der Waals surface area contributed by atoms with E-state index in [2.05, 4.69) is 19.9 Å². The molecule has 1 aromatic carbocycles. The average molecular weight is 286 g/mol. The summed E-state index contributed by atoms with van der Waals surface area (Å²) >= 11 is 0. The third-order valence-corrected chi connectivity index (χ3v) is 5.06. The molecule has 1 heterocycles. The Labute approximate surface area is 127 Å². The molecular formula is C18H26N2O. The zero-order valence-electron chi connectivity index (χ0n) is 13.2. The zero-order valence-corrected chi connectivity index (χ0v) is 13.2. The van der Waals surface area contributed by atoms with Crippen LogP contribution in [0.1, 0.15) is 51.5 Å². The first kappa shape index (κ1) is 14.4. The Morgan fingerprint density at radius 3 is 2.71 bits per heavy atom. The van der Waals surface area contributed by atoms with Gasteiger partial charge in [-0.1, -0.05) is 32.8 Å². The van der Waals surface area contributed by atoms with Crippen LogP contribution in [0.25, 0.3) is 0 Å². The van der Waals surface area contributed by atoms with E-state index in [0.29, 0.717) is 11.8 Å². The summed E-state index contributed by atoms with van der Waals surface area (Å²) in [6.07, 6.45) is 6.46. The van der Waals surface area contributed by atoms with Gasteiger partial charge in [-0.05, 0) is 49.3 Å². The molecule has 1 saturated carbocycles. The van der Waals surface area contributed by atoms with Gasteiger partial charge < -0.3 is 10.6 Å². The Kier molecular flexibility index (Phi) is 3.68. The van der Waals surface area contributed by atoms with Gasteiger partial charge in [0.2, 0.25) is 5.91 Å². The lowest BCUT2D eigenvalue weighted by molar-refractivity contribution is -0.128. The molecule has 0 atom stereocenters. The van der Waals surface area contributed by atoms with Crippen LogP contribution in [0.15, 0.2) is 18.2 Å². The normalized spacial score (nSPS) is 20.0. The van der Waals surface area contributed by atoms with Gasteiger partial charge in [-0.15, -0.1) is 0 Å². The Balaban J connectivity index is 1.90. The van der Waals surface area contributed by atoms with Crippen LogP contribution in [0.3, 0.4) is 0 Å². The van der Waals surface area contributed by atoms with Crippen LogP contribution in [0.5, 0.6) is 0 Å². The molecule has 1 aromatic rings. The van der Waals surface area contributed by atoms with Crippen LogP contribution in [0.4, 0.5) is 11.4 Å². The fraction of sp³-hybridized carbons (Fsp3) is 0.611. The van der Waals surface area contributed by atoms with Crippen LogP contribution in [0.2, 0.25) is 0 Å². The molecule has 2 N–H and O–H groups in total. The van der Waals surface area contributed by atoms with Crippen LogP contribution in [-0.2, 0) is 11.2 Å². The Hall–Kier alpha value is -1.51. The minimum absolute atomic E-state index is 0.125. The van der Waals surface area contributed by atoms with Crippen LogP contribution in [0, 0.1) is 11.3 Å². The summed E-state index contributed by atoms with van der Waals surface area (Å²) in [5, 5.41) is 0. The maximum atomic E-state index is 13.3. The molecule has 0 bridgehead atoms. The number of nitrogens with zero attached hydrogens (tertiary/aromatic N) is 1. The van der Waals surface area contributed by atoms with Crippen molar-refractivity contribution in [3.63, 3.8) is 0 Å². The largest absolute Gasteiger partial charge is 0.399 e. The molecule has 2 aliphatic rings. The standard InChI is InChI=1S/C18H26N2O/c1-13(2)12-18(8-3-4-9-18)17(21)20-10-7-14-5-6-15(19)11-16(14)20/h5-6,11,13H,3-4,7-10,12,19H2,1-2H3.